The van der Waals surface area contributed by atoms with E-state index in [9.17, 15) is 13.2 Å². The summed E-state index contributed by atoms with van der Waals surface area (Å²) in [5.41, 5.74) is 2.11. The van der Waals surface area contributed by atoms with Gasteiger partial charge in [0, 0.05) is 17.4 Å². The number of thioether (sulfide) groups is 1. The van der Waals surface area contributed by atoms with E-state index < -0.39 is 9.84 Å². The molecule has 2 aliphatic rings. The van der Waals surface area contributed by atoms with Gasteiger partial charge in [-0.3, -0.25) is 4.79 Å². The molecule has 3 rings (SSSR count). The third kappa shape index (κ3) is 3.92. The van der Waals surface area contributed by atoms with Crippen LogP contribution in [-0.4, -0.2) is 42.3 Å². The van der Waals surface area contributed by atoms with Crippen LogP contribution in [0.15, 0.2) is 29.3 Å². The van der Waals surface area contributed by atoms with Gasteiger partial charge >= 0.3 is 0 Å². The van der Waals surface area contributed by atoms with Crippen LogP contribution in [-0.2, 0) is 21.1 Å². The molecule has 0 aliphatic carbocycles. The quantitative estimate of drug-likeness (QED) is 0.803. The maximum absolute atomic E-state index is 12.2. The van der Waals surface area contributed by atoms with Gasteiger partial charge < -0.3 is 4.90 Å². The molecule has 1 amide bonds. The molecule has 5 nitrogen and oxygen atoms in total. The Hall–Kier alpha value is -1.34. The number of carbonyl (C=O) groups is 1. The van der Waals surface area contributed by atoms with Crippen molar-refractivity contribution < 1.29 is 13.2 Å². The standard InChI is InChI=1S/C18H24N2O3S2/c1-4-13-7-5-6-8-14(13)20-15-10-25(22,23)11-16(15)24-18(20)19-17(21)9-12(2)3/h5-8,12,15-16H,4,9-11H2,1-3H3. The maximum atomic E-state index is 12.2. The van der Waals surface area contributed by atoms with E-state index in [4.69, 9.17) is 0 Å². The number of benzene rings is 1. The van der Waals surface area contributed by atoms with Gasteiger partial charge in [-0.1, -0.05) is 50.7 Å². The van der Waals surface area contributed by atoms with E-state index in [0.29, 0.717) is 11.6 Å². The molecule has 2 saturated heterocycles. The fourth-order valence-electron chi connectivity index (χ4n) is 3.39. The van der Waals surface area contributed by atoms with E-state index in [0.717, 1.165) is 17.7 Å². The van der Waals surface area contributed by atoms with Crippen molar-refractivity contribution in [1.29, 1.82) is 0 Å². The van der Waals surface area contributed by atoms with Crippen LogP contribution in [0.2, 0.25) is 0 Å². The van der Waals surface area contributed by atoms with Crippen molar-refractivity contribution in [1.82, 2.24) is 0 Å². The van der Waals surface area contributed by atoms with Gasteiger partial charge in [-0.15, -0.1) is 0 Å². The Kier molecular flexibility index (Phi) is 5.25. The summed E-state index contributed by atoms with van der Waals surface area (Å²) in [6.45, 7) is 6.06. The van der Waals surface area contributed by atoms with E-state index in [1.807, 2.05) is 43.0 Å². The van der Waals surface area contributed by atoms with Gasteiger partial charge in [-0.25, -0.2) is 8.42 Å². The molecular formula is C18H24N2O3S2. The Morgan fingerprint density at radius 3 is 2.72 bits per heavy atom. The molecule has 2 heterocycles. The van der Waals surface area contributed by atoms with Crippen LogP contribution in [0.4, 0.5) is 5.69 Å². The Morgan fingerprint density at radius 2 is 2.04 bits per heavy atom. The molecule has 0 spiro atoms. The number of nitrogens with zero attached hydrogens (tertiary/aromatic N) is 2. The SMILES string of the molecule is CCc1ccccc1N1C(=NC(=O)CC(C)C)SC2CS(=O)(=O)CC21. The van der Waals surface area contributed by atoms with Crippen molar-refractivity contribution in [2.75, 3.05) is 16.4 Å². The first-order chi connectivity index (χ1) is 11.8. The Balaban J connectivity index is 2.01. The monoisotopic (exact) mass is 380 g/mol. The summed E-state index contributed by atoms with van der Waals surface area (Å²) in [6.07, 6.45) is 1.25. The molecule has 2 fully saturated rings. The first kappa shape index (κ1) is 18.5. The number of amides is 1. The zero-order valence-electron chi connectivity index (χ0n) is 14.8. The molecular weight excluding hydrogens is 356 g/mol. The van der Waals surface area contributed by atoms with E-state index >= 15 is 0 Å². The largest absolute Gasteiger partial charge is 0.315 e. The lowest BCUT2D eigenvalue weighted by atomic mass is 10.1. The number of hydrogen-bond donors (Lipinski definition) is 0. The maximum Gasteiger partial charge on any atom is 0.248 e. The van der Waals surface area contributed by atoms with E-state index in [1.165, 1.54) is 11.8 Å². The molecule has 0 saturated carbocycles. The number of fused-ring (bicyclic) bond motifs is 1. The topological polar surface area (TPSA) is 66.8 Å². The molecule has 136 valence electrons. The number of aliphatic imine (C=N–C) groups is 1. The zero-order valence-corrected chi connectivity index (χ0v) is 16.4. The normalized spacial score (nSPS) is 26.4. The Labute approximate surface area is 153 Å². The molecule has 2 aliphatic heterocycles. The molecule has 2 unspecified atom stereocenters. The second-order valence-corrected chi connectivity index (χ2v) is 10.4. The van der Waals surface area contributed by atoms with Gasteiger partial charge in [-0.2, -0.15) is 4.99 Å². The number of hydrogen-bond acceptors (Lipinski definition) is 4. The Bertz CT molecular complexity index is 802. The lowest BCUT2D eigenvalue weighted by molar-refractivity contribution is -0.118. The third-order valence-corrected chi connectivity index (χ3v) is 7.71. The first-order valence-electron chi connectivity index (χ1n) is 8.66. The van der Waals surface area contributed by atoms with Crippen molar-refractivity contribution in [3.05, 3.63) is 29.8 Å². The van der Waals surface area contributed by atoms with Gasteiger partial charge in [0.2, 0.25) is 5.91 Å². The van der Waals surface area contributed by atoms with Crippen molar-refractivity contribution in [2.24, 2.45) is 10.9 Å². The van der Waals surface area contributed by atoms with Gasteiger partial charge in [0.25, 0.3) is 0 Å². The molecule has 0 N–H and O–H groups in total. The summed E-state index contributed by atoms with van der Waals surface area (Å²) in [4.78, 5) is 18.6. The molecule has 0 aromatic heterocycles. The highest BCUT2D eigenvalue weighted by molar-refractivity contribution is 8.16. The van der Waals surface area contributed by atoms with Crippen molar-refractivity contribution >= 4 is 38.4 Å². The number of anilines is 1. The highest BCUT2D eigenvalue weighted by atomic mass is 32.2. The second kappa shape index (κ2) is 7.11. The van der Waals surface area contributed by atoms with Gasteiger partial charge in [-0.05, 0) is 24.0 Å². The number of carbonyl (C=O) groups excluding carboxylic acids is 1. The third-order valence-electron chi connectivity index (χ3n) is 4.50. The van der Waals surface area contributed by atoms with E-state index in [1.54, 1.807) is 0 Å². The van der Waals surface area contributed by atoms with Crippen LogP contribution in [0.3, 0.4) is 0 Å². The minimum atomic E-state index is -3.04. The van der Waals surface area contributed by atoms with Crippen molar-refractivity contribution in [2.45, 2.75) is 44.9 Å². The van der Waals surface area contributed by atoms with Crippen LogP contribution in [0, 0.1) is 5.92 Å². The first-order valence-corrected chi connectivity index (χ1v) is 11.4. The van der Waals surface area contributed by atoms with Crippen LogP contribution in [0.25, 0.3) is 0 Å². The molecule has 1 aromatic rings. The molecule has 2 atom stereocenters. The van der Waals surface area contributed by atoms with E-state index in [-0.39, 0.29) is 34.6 Å². The molecule has 1 aromatic carbocycles. The van der Waals surface area contributed by atoms with Crippen LogP contribution >= 0.6 is 11.8 Å². The lowest BCUT2D eigenvalue weighted by Gasteiger charge is -2.26. The van der Waals surface area contributed by atoms with Crippen LogP contribution < -0.4 is 4.90 Å². The highest BCUT2D eigenvalue weighted by Gasteiger charge is 2.49. The van der Waals surface area contributed by atoms with Gasteiger partial charge in [0.1, 0.15) is 0 Å². The predicted molar refractivity (Wildman–Crippen MR) is 104 cm³/mol. The number of para-hydroxylation sites is 1. The molecule has 25 heavy (non-hydrogen) atoms. The fourth-order valence-corrected chi connectivity index (χ4v) is 7.32. The summed E-state index contributed by atoms with van der Waals surface area (Å²) in [5.74, 6) is 0.392. The molecule has 0 radical (unpaired) electrons. The summed E-state index contributed by atoms with van der Waals surface area (Å²) < 4.78 is 24.2. The van der Waals surface area contributed by atoms with Gasteiger partial charge in [0.05, 0.1) is 17.5 Å². The second-order valence-electron chi connectivity index (χ2n) is 7.04. The van der Waals surface area contributed by atoms with Gasteiger partial charge in [0.15, 0.2) is 15.0 Å². The molecule has 7 heteroatoms. The van der Waals surface area contributed by atoms with Crippen molar-refractivity contribution in [3.63, 3.8) is 0 Å². The summed E-state index contributed by atoms with van der Waals surface area (Å²) in [6, 6.07) is 7.83. The van der Waals surface area contributed by atoms with Crippen LogP contribution in [0.5, 0.6) is 0 Å². The Morgan fingerprint density at radius 1 is 1.32 bits per heavy atom. The average molecular weight is 381 g/mol. The number of amidine groups is 1. The number of aryl methyl sites for hydroxylation is 1. The summed E-state index contributed by atoms with van der Waals surface area (Å²) in [5, 5.41) is 0.594. The predicted octanol–water partition coefficient (Wildman–Crippen LogP) is 2.90. The summed E-state index contributed by atoms with van der Waals surface area (Å²) in [7, 11) is -3.04. The number of rotatable bonds is 4. The fraction of sp³-hybridized carbons (Fsp3) is 0.556. The highest BCUT2D eigenvalue weighted by Crippen LogP contribution is 2.42. The number of sulfone groups is 1. The smallest absolute Gasteiger partial charge is 0.248 e. The van der Waals surface area contributed by atoms with E-state index in [2.05, 4.69) is 11.9 Å². The van der Waals surface area contributed by atoms with Crippen molar-refractivity contribution in [3.8, 4) is 0 Å². The van der Waals surface area contributed by atoms with Crippen LogP contribution in [0.1, 0.15) is 32.8 Å². The minimum Gasteiger partial charge on any atom is -0.315 e. The molecule has 0 bridgehead atoms. The average Bonchev–Trinajstić information content (AvgIpc) is 2.97. The minimum absolute atomic E-state index is 0.0551. The zero-order chi connectivity index (χ0) is 18.2. The lowest BCUT2D eigenvalue weighted by Crippen LogP contribution is -2.38. The summed E-state index contributed by atoms with van der Waals surface area (Å²) >= 11 is 1.44.